The molecule has 1 aliphatic heterocycles. The van der Waals surface area contributed by atoms with Crippen molar-refractivity contribution in [2.75, 3.05) is 23.7 Å². The molecule has 0 aromatic carbocycles. The van der Waals surface area contributed by atoms with Crippen molar-refractivity contribution in [3.8, 4) is 5.88 Å². The third kappa shape index (κ3) is 3.78. The van der Waals surface area contributed by atoms with Crippen LogP contribution in [-0.2, 0) is 6.18 Å². The van der Waals surface area contributed by atoms with Gasteiger partial charge < -0.3 is 15.4 Å². The van der Waals surface area contributed by atoms with Gasteiger partial charge in [-0.1, -0.05) is 11.6 Å². The van der Waals surface area contributed by atoms with Crippen LogP contribution in [0.4, 0.5) is 24.9 Å². The summed E-state index contributed by atoms with van der Waals surface area (Å²) in [5.74, 6) is 0.806. The molecule has 3 rings (SSSR count). The second kappa shape index (κ2) is 6.31. The number of hydrogen-bond acceptors (Lipinski definition) is 6. The Morgan fingerprint density at radius 3 is 2.71 bits per heavy atom. The van der Waals surface area contributed by atoms with Gasteiger partial charge in [0.2, 0.25) is 11.8 Å². The number of hydrogen-bond donors (Lipinski definition) is 1. The van der Waals surface area contributed by atoms with E-state index in [0.29, 0.717) is 25.3 Å². The smallest absolute Gasteiger partial charge is 0.417 e. The summed E-state index contributed by atoms with van der Waals surface area (Å²) < 4.78 is 43.2. The van der Waals surface area contributed by atoms with Crippen LogP contribution < -0.4 is 15.4 Å². The van der Waals surface area contributed by atoms with E-state index in [4.69, 9.17) is 22.1 Å². The minimum Gasteiger partial charge on any atom is -0.472 e. The molecule has 2 aromatic heterocycles. The van der Waals surface area contributed by atoms with E-state index in [9.17, 15) is 13.2 Å². The fourth-order valence-electron chi connectivity index (χ4n) is 2.41. The number of halogens is 4. The summed E-state index contributed by atoms with van der Waals surface area (Å²) in [6, 6.07) is 3.75. The molecule has 24 heavy (non-hydrogen) atoms. The zero-order valence-electron chi connectivity index (χ0n) is 12.3. The van der Waals surface area contributed by atoms with Crippen LogP contribution in [0.1, 0.15) is 12.0 Å². The molecule has 1 aliphatic rings. The highest BCUT2D eigenvalue weighted by molar-refractivity contribution is 6.29. The molecule has 6 nitrogen and oxygen atoms in total. The Balaban J connectivity index is 1.64. The Morgan fingerprint density at radius 2 is 2.08 bits per heavy atom. The Labute approximate surface area is 140 Å². The molecule has 0 spiro atoms. The zero-order chi connectivity index (χ0) is 17.3. The van der Waals surface area contributed by atoms with Gasteiger partial charge in [0, 0.05) is 31.3 Å². The van der Waals surface area contributed by atoms with E-state index >= 15 is 0 Å². The summed E-state index contributed by atoms with van der Waals surface area (Å²) in [5, 5.41) is 0.242. The highest BCUT2D eigenvalue weighted by atomic mass is 35.5. The number of nitrogens with zero attached hydrogens (tertiary/aromatic N) is 4. The monoisotopic (exact) mass is 359 g/mol. The van der Waals surface area contributed by atoms with Gasteiger partial charge in [-0.3, -0.25) is 0 Å². The fourth-order valence-corrected chi connectivity index (χ4v) is 2.59. The lowest BCUT2D eigenvalue weighted by Crippen LogP contribution is -2.25. The summed E-state index contributed by atoms with van der Waals surface area (Å²) in [5.41, 5.74) is 4.76. The Bertz CT molecular complexity index is 705. The third-order valence-electron chi connectivity index (χ3n) is 3.52. The van der Waals surface area contributed by atoms with Crippen molar-refractivity contribution < 1.29 is 17.9 Å². The Hall–Kier alpha value is -2.29. The van der Waals surface area contributed by atoms with E-state index in [1.807, 2.05) is 4.90 Å². The predicted molar refractivity (Wildman–Crippen MR) is 81.9 cm³/mol. The van der Waals surface area contributed by atoms with Gasteiger partial charge in [-0.25, -0.2) is 9.97 Å². The molecule has 1 atom stereocenters. The van der Waals surface area contributed by atoms with Crippen molar-refractivity contribution in [1.29, 1.82) is 0 Å². The maximum absolute atomic E-state index is 12.5. The van der Waals surface area contributed by atoms with Crippen molar-refractivity contribution in [1.82, 2.24) is 15.0 Å². The Kier molecular flexibility index (Phi) is 4.35. The number of alkyl halides is 3. The molecule has 0 aliphatic carbocycles. The first kappa shape index (κ1) is 16.6. The highest BCUT2D eigenvalue weighted by Crippen LogP contribution is 2.30. The maximum Gasteiger partial charge on any atom is 0.417 e. The van der Waals surface area contributed by atoms with Gasteiger partial charge in [-0.2, -0.15) is 18.2 Å². The zero-order valence-corrected chi connectivity index (χ0v) is 13.1. The van der Waals surface area contributed by atoms with E-state index in [-0.39, 0.29) is 23.1 Å². The molecule has 2 aromatic rings. The van der Waals surface area contributed by atoms with E-state index in [1.165, 1.54) is 6.07 Å². The SMILES string of the molecule is Nc1nc(Cl)cc(N2CCC(Oc3ccc(C(F)(F)F)cn3)C2)n1. The van der Waals surface area contributed by atoms with Crippen LogP contribution in [0.15, 0.2) is 24.4 Å². The average Bonchev–Trinajstić information content (AvgIpc) is 2.94. The molecule has 2 N–H and O–H groups in total. The summed E-state index contributed by atoms with van der Waals surface area (Å²) in [7, 11) is 0. The lowest BCUT2D eigenvalue weighted by Gasteiger charge is -2.18. The van der Waals surface area contributed by atoms with Gasteiger partial charge in [0.05, 0.1) is 12.1 Å². The van der Waals surface area contributed by atoms with E-state index < -0.39 is 11.7 Å². The number of rotatable bonds is 3. The van der Waals surface area contributed by atoms with E-state index in [2.05, 4.69) is 15.0 Å². The number of nitrogens with two attached hydrogens (primary N) is 1. The van der Waals surface area contributed by atoms with Crippen LogP contribution in [0, 0.1) is 0 Å². The van der Waals surface area contributed by atoms with Crippen molar-refractivity contribution in [2.45, 2.75) is 18.7 Å². The number of aromatic nitrogens is 3. The van der Waals surface area contributed by atoms with Gasteiger partial charge in [0.15, 0.2) is 0 Å². The molecule has 0 saturated carbocycles. The molecule has 1 fully saturated rings. The van der Waals surface area contributed by atoms with Gasteiger partial charge in [0.1, 0.15) is 17.1 Å². The van der Waals surface area contributed by atoms with E-state index in [1.54, 1.807) is 6.07 Å². The second-order valence-electron chi connectivity index (χ2n) is 5.26. The standard InChI is InChI=1S/C14H13ClF3N5O/c15-10-5-11(22-13(19)21-10)23-4-3-9(7-23)24-12-2-1-8(6-20-12)14(16,17)18/h1-2,5-6,9H,3-4,7H2,(H2,19,21,22). The lowest BCUT2D eigenvalue weighted by molar-refractivity contribution is -0.137. The molecule has 128 valence electrons. The fraction of sp³-hybridized carbons (Fsp3) is 0.357. The largest absolute Gasteiger partial charge is 0.472 e. The molecule has 0 amide bonds. The number of ether oxygens (including phenoxy) is 1. The molecule has 3 heterocycles. The molecular weight excluding hydrogens is 347 g/mol. The van der Waals surface area contributed by atoms with Crippen LogP contribution >= 0.6 is 11.6 Å². The van der Waals surface area contributed by atoms with Crippen LogP contribution in [-0.4, -0.2) is 34.1 Å². The van der Waals surface area contributed by atoms with Gasteiger partial charge in [-0.15, -0.1) is 0 Å². The number of pyridine rings is 1. The molecular formula is C14H13ClF3N5O. The molecule has 10 heteroatoms. The summed E-state index contributed by atoms with van der Waals surface area (Å²) in [6.07, 6.45) is -3.21. The first-order valence-electron chi connectivity index (χ1n) is 7.06. The van der Waals surface area contributed by atoms with Crippen LogP contribution in [0.3, 0.4) is 0 Å². The topological polar surface area (TPSA) is 77.2 Å². The van der Waals surface area contributed by atoms with Crippen LogP contribution in [0.2, 0.25) is 5.15 Å². The summed E-state index contributed by atoms with van der Waals surface area (Å²) in [6.45, 7) is 1.15. The minimum atomic E-state index is -4.41. The third-order valence-corrected chi connectivity index (χ3v) is 3.71. The van der Waals surface area contributed by atoms with E-state index in [0.717, 1.165) is 12.3 Å². The quantitative estimate of drug-likeness (QED) is 0.849. The maximum atomic E-state index is 12.5. The molecule has 0 bridgehead atoms. The lowest BCUT2D eigenvalue weighted by atomic mass is 10.3. The first-order chi connectivity index (χ1) is 11.3. The predicted octanol–water partition coefficient (Wildman–Crippen LogP) is 2.78. The van der Waals surface area contributed by atoms with Gasteiger partial charge >= 0.3 is 6.18 Å². The molecule has 1 saturated heterocycles. The van der Waals surface area contributed by atoms with Gasteiger partial charge in [0.25, 0.3) is 0 Å². The first-order valence-corrected chi connectivity index (χ1v) is 7.44. The average molecular weight is 360 g/mol. The summed E-state index contributed by atoms with van der Waals surface area (Å²) in [4.78, 5) is 13.5. The molecule has 1 unspecified atom stereocenters. The van der Waals surface area contributed by atoms with Crippen molar-refractivity contribution >= 4 is 23.4 Å². The number of anilines is 2. The van der Waals surface area contributed by atoms with Crippen LogP contribution in [0.25, 0.3) is 0 Å². The summed E-state index contributed by atoms with van der Waals surface area (Å²) >= 11 is 5.86. The van der Waals surface area contributed by atoms with Crippen molar-refractivity contribution in [3.05, 3.63) is 35.1 Å². The van der Waals surface area contributed by atoms with Crippen molar-refractivity contribution in [2.24, 2.45) is 0 Å². The molecule has 0 radical (unpaired) electrons. The normalized spacial score (nSPS) is 18.0. The number of nitrogen functional groups attached to an aromatic ring is 1. The van der Waals surface area contributed by atoms with Crippen LogP contribution in [0.5, 0.6) is 5.88 Å². The van der Waals surface area contributed by atoms with Gasteiger partial charge in [-0.05, 0) is 6.07 Å². The Morgan fingerprint density at radius 1 is 1.29 bits per heavy atom. The van der Waals surface area contributed by atoms with Crippen molar-refractivity contribution in [3.63, 3.8) is 0 Å². The second-order valence-corrected chi connectivity index (χ2v) is 5.65. The highest BCUT2D eigenvalue weighted by Gasteiger charge is 2.31. The minimum absolute atomic E-state index is 0.0753.